The van der Waals surface area contributed by atoms with E-state index < -0.39 is 16.1 Å². The largest absolute Gasteiger partial charge is 0.389 e. The minimum absolute atomic E-state index is 0.226. The topological polar surface area (TPSA) is 57.6 Å². The highest BCUT2D eigenvalue weighted by Crippen LogP contribution is 2.19. The minimum atomic E-state index is -3.46. The summed E-state index contributed by atoms with van der Waals surface area (Å²) >= 11 is 1.60. The third-order valence-corrected chi connectivity index (χ3v) is 5.10. The lowest BCUT2D eigenvalue weighted by atomic mass is 10.1. The number of sulfonamides is 1. The summed E-state index contributed by atoms with van der Waals surface area (Å²) < 4.78 is 25.8. The maximum atomic E-state index is 12.2. The summed E-state index contributed by atoms with van der Waals surface area (Å²) in [6, 6.07) is 6.44. The van der Waals surface area contributed by atoms with Crippen molar-refractivity contribution in [3.05, 3.63) is 29.8 Å². The maximum Gasteiger partial charge on any atom is 0.242 e. The van der Waals surface area contributed by atoms with Gasteiger partial charge in [-0.2, -0.15) is 11.8 Å². The molecule has 0 aliphatic rings. The zero-order valence-electron chi connectivity index (χ0n) is 10.8. The van der Waals surface area contributed by atoms with E-state index in [9.17, 15) is 13.5 Å². The second-order valence-corrected chi connectivity index (χ2v) is 7.10. The van der Waals surface area contributed by atoms with Crippen LogP contribution in [-0.4, -0.2) is 43.4 Å². The van der Waals surface area contributed by atoms with Crippen molar-refractivity contribution in [3.63, 3.8) is 0 Å². The highest BCUT2D eigenvalue weighted by atomic mass is 32.2. The van der Waals surface area contributed by atoms with Crippen LogP contribution in [0.4, 0.5) is 0 Å². The molecule has 0 amide bonds. The molecule has 0 aliphatic heterocycles. The number of aliphatic hydroxyl groups is 1. The van der Waals surface area contributed by atoms with E-state index in [0.717, 1.165) is 5.75 Å². The Morgan fingerprint density at radius 1 is 1.44 bits per heavy atom. The van der Waals surface area contributed by atoms with E-state index in [4.69, 9.17) is 0 Å². The van der Waals surface area contributed by atoms with Crippen molar-refractivity contribution in [2.75, 3.05) is 25.6 Å². The van der Waals surface area contributed by atoms with Gasteiger partial charge in [0.15, 0.2) is 0 Å². The molecule has 102 valence electrons. The van der Waals surface area contributed by atoms with Gasteiger partial charge in [-0.25, -0.2) is 12.7 Å². The molecule has 1 aromatic carbocycles. The van der Waals surface area contributed by atoms with Crippen molar-refractivity contribution in [2.24, 2.45) is 0 Å². The van der Waals surface area contributed by atoms with Gasteiger partial charge in [0.05, 0.1) is 11.0 Å². The Morgan fingerprint density at radius 3 is 2.67 bits per heavy atom. The molecule has 1 aromatic rings. The van der Waals surface area contributed by atoms with Gasteiger partial charge in [0.25, 0.3) is 0 Å². The van der Waals surface area contributed by atoms with Gasteiger partial charge in [0.1, 0.15) is 0 Å². The Bertz CT molecular complexity index is 486. The van der Waals surface area contributed by atoms with Crippen LogP contribution in [0, 0.1) is 0 Å². The fraction of sp³-hybridized carbons (Fsp3) is 0.500. The second kappa shape index (κ2) is 6.56. The Hall–Kier alpha value is -0.560. The molecule has 4 nitrogen and oxygen atoms in total. The van der Waals surface area contributed by atoms with E-state index in [1.54, 1.807) is 43.9 Å². The summed E-state index contributed by atoms with van der Waals surface area (Å²) in [6.45, 7) is 2.09. The number of hydrogen-bond acceptors (Lipinski definition) is 4. The lowest BCUT2D eigenvalue weighted by Gasteiger charge is -2.17. The molecule has 1 rings (SSSR count). The number of rotatable bonds is 6. The highest BCUT2D eigenvalue weighted by molar-refractivity contribution is 7.98. The standard InChI is InChI=1S/C12H19NO3S2/c1-10(14)11-5-4-6-12(9-11)18(15,16)13(2)7-8-17-3/h4-6,9-10,14H,7-8H2,1-3H3. The molecule has 1 atom stereocenters. The summed E-state index contributed by atoms with van der Waals surface area (Å²) in [4.78, 5) is 0.226. The van der Waals surface area contributed by atoms with Crippen LogP contribution in [0.5, 0.6) is 0 Å². The van der Waals surface area contributed by atoms with Crippen molar-refractivity contribution >= 4 is 21.8 Å². The summed E-state index contributed by atoms with van der Waals surface area (Å²) in [7, 11) is -1.89. The number of hydrogen-bond donors (Lipinski definition) is 1. The molecule has 0 aromatic heterocycles. The van der Waals surface area contributed by atoms with E-state index in [1.165, 1.54) is 10.4 Å². The number of thioether (sulfide) groups is 1. The molecule has 0 aliphatic carbocycles. The lowest BCUT2D eigenvalue weighted by molar-refractivity contribution is 0.199. The van der Waals surface area contributed by atoms with Crippen molar-refractivity contribution < 1.29 is 13.5 Å². The molecule has 0 saturated heterocycles. The van der Waals surface area contributed by atoms with Gasteiger partial charge in [-0.15, -0.1) is 0 Å². The normalized spacial score (nSPS) is 13.8. The summed E-state index contributed by atoms with van der Waals surface area (Å²) in [6.07, 6.45) is 1.27. The molecule has 0 saturated carbocycles. The van der Waals surface area contributed by atoms with E-state index >= 15 is 0 Å². The van der Waals surface area contributed by atoms with Crippen LogP contribution in [0.1, 0.15) is 18.6 Å². The van der Waals surface area contributed by atoms with Crippen LogP contribution in [0.3, 0.4) is 0 Å². The summed E-state index contributed by atoms with van der Waals surface area (Å²) in [5.74, 6) is 0.756. The average Bonchev–Trinajstić information content (AvgIpc) is 2.35. The van der Waals surface area contributed by atoms with Gasteiger partial charge in [-0.05, 0) is 30.9 Å². The van der Waals surface area contributed by atoms with Crippen LogP contribution in [0.2, 0.25) is 0 Å². The molecule has 0 radical (unpaired) electrons. The lowest BCUT2D eigenvalue weighted by Crippen LogP contribution is -2.29. The monoisotopic (exact) mass is 289 g/mol. The fourth-order valence-electron chi connectivity index (χ4n) is 1.45. The third-order valence-electron chi connectivity index (χ3n) is 2.66. The highest BCUT2D eigenvalue weighted by Gasteiger charge is 2.20. The zero-order chi connectivity index (χ0) is 13.8. The Morgan fingerprint density at radius 2 is 2.11 bits per heavy atom. The van der Waals surface area contributed by atoms with Gasteiger partial charge < -0.3 is 5.11 Å². The molecular weight excluding hydrogens is 270 g/mol. The van der Waals surface area contributed by atoms with Crippen LogP contribution >= 0.6 is 11.8 Å². The third kappa shape index (κ3) is 3.71. The molecule has 1 N–H and O–H groups in total. The number of benzene rings is 1. The number of nitrogens with zero attached hydrogens (tertiary/aromatic N) is 1. The van der Waals surface area contributed by atoms with Gasteiger partial charge in [0.2, 0.25) is 10.0 Å². The van der Waals surface area contributed by atoms with Crippen molar-refractivity contribution in [1.82, 2.24) is 4.31 Å². The molecule has 0 spiro atoms. The molecule has 18 heavy (non-hydrogen) atoms. The van der Waals surface area contributed by atoms with Crippen LogP contribution in [0.15, 0.2) is 29.2 Å². The smallest absolute Gasteiger partial charge is 0.242 e. The fourth-order valence-corrected chi connectivity index (χ4v) is 3.25. The summed E-state index contributed by atoms with van der Waals surface area (Å²) in [5.41, 5.74) is 0.606. The first-order chi connectivity index (χ1) is 8.39. The van der Waals surface area contributed by atoms with E-state index in [0.29, 0.717) is 12.1 Å². The SMILES string of the molecule is CSCCN(C)S(=O)(=O)c1cccc(C(C)O)c1. The maximum absolute atomic E-state index is 12.2. The molecular formula is C12H19NO3S2. The molecule has 0 fully saturated rings. The Labute approximate surface area is 113 Å². The average molecular weight is 289 g/mol. The second-order valence-electron chi connectivity index (χ2n) is 4.07. The van der Waals surface area contributed by atoms with Crippen LogP contribution in [0.25, 0.3) is 0 Å². The number of aliphatic hydroxyl groups excluding tert-OH is 1. The minimum Gasteiger partial charge on any atom is -0.389 e. The van der Waals surface area contributed by atoms with Crippen molar-refractivity contribution in [1.29, 1.82) is 0 Å². The first-order valence-electron chi connectivity index (χ1n) is 5.63. The molecule has 0 heterocycles. The van der Waals surface area contributed by atoms with Crippen LogP contribution < -0.4 is 0 Å². The van der Waals surface area contributed by atoms with Crippen LogP contribution in [-0.2, 0) is 10.0 Å². The van der Waals surface area contributed by atoms with E-state index in [1.807, 2.05) is 6.26 Å². The van der Waals surface area contributed by atoms with E-state index in [-0.39, 0.29) is 4.90 Å². The Balaban J connectivity index is 3.01. The van der Waals surface area contributed by atoms with Gasteiger partial charge in [-0.3, -0.25) is 0 Å². The van der Waals surface area contributed by atoms with Crippen molar-refractivity contribution in [3.8, 4) is 0 Å². The Kier molecular flexibility index (Phi) is 5.65. The first-order valence-corrected chi connectivity index (χ1v) is 8.46. The molecule has 0 bridgehead atoms. The van der Waals surface area contributed by atoms with Gasteiger partial charge in [0, 0.05) is 19.3 Å². The summed E-state index contributed by atoms with van der Waals surface area (Å²) in [5, 5.41) is 9.48. The van der Waals surface area contributed by atoms with E-state index in [2.05, 4.69) is 0 Å². The van der Waals surface area contributed by atoms with Gasteiger partial charge >= 0.3 is 0 Å². The first kappa shape index (κ1) is 15.5. The predicted octanol–water partition coefficient (Wildman–Crippen LogP) is 1.72. The predicted molar refractivity (Wildman–Crippen MR) is 75.3 cm³/mol. The van der Waals surface area contributed by atoms with Gasteiger partial charge in [-0.1, -0.05) is 12.1 Å². The molecule has 6 heteroatoms. The molecule has 1 unspecified atom stereocenters. The van der Waals surface area contributed by atoms with Crippen molar-refractivity contribution in [2.45, 2.75) is 17.9 Å². The quantitative estimate of drug-likeness (QED) is 0.866. The zero-order valence-corrected chi connectivity index (χ0v) is 12.5.